The maximum Gasteiger partial charge on any atom is 0.323 e. The van der Waals surface area contributed by atoms with Crippen molar-refractivity contribution >= 4 is 14.1 Å². The van der Waals surface area contributed by atoms with E-state index in [9.17, 15) is 9.36 Å². The van der Waals surface area contributed by atoms with Gasteiger partial charge in [-0.15, -0.1) is 0 Å². The molecule has 0 saturated carbocycles. The number of ether oxygens (including phenoxy) is 1. The van der Waals surface area contributed by atoms with Crippen LogP contribution in [-0.2, 0) is 14.1 Å². The second-order valence-electron chi connectivity index (χ2n) is 4.88. The molecular formula is C15H24NO4P. The topological polar surface area (TPSA) is 64.6 Å². The highest BCUT2D eigenvalue weighted by atomic mass is 31.1. The highest BCUT2D eigenvalue weighted by Crippen LogP contribution is 2.23. The molecule has 0 saturated heterocycles. The third kappa shape index (κ3) is 6.78. The Hall–Kier alpha value is -1.32. The minimum absolute atomic E-state index is 0.374. The SMILES string of the molecule is CCC(CC)COC(=O)C(C)N[PH](=O)Oc1ccccc1. The van der Waals surface area contributed by atoms with E-state index in [0.29, 0.717) is 18.3 Å². The van der Waals surface area contributed by atoms with Crippen LogP contribution in [0.2, 0.25) is 0 Å². The van der Waals surface area contributed by atoms with Gasteiger partial charge in [-0.3, -0.25) is 9.36 Å². The largest absolute Gasteiger partial charge is 0.464 e. The fraction of sp³-hybridized carbons (Fsp3) is 0.533. The standard InChI is InChI=1S/C15H24NO4P/c1-4-13(5-2)11-19-15(17)12(3)16-21(18)20-14-9-7-6-8-10-14/h6-10,12-13,21H,4-5,11H2,1-3H3,(H,16,18). The molecule has 0 radical (unpaired) electrons. The molecule has 2 atom stereocenters. The first-order valence-corrected chi connectivity index (χ1v) is 8.58. The zero-order valence-electron chi connectivity index (χ0n) is 12.8. The van der Waals surface area contributed by atoms with E-state index in [-0.39, 0.29) is 0 Å². The Balaban J connectivity index is 2.36. The lowest BCUT2D eigenvalue weighted by molar-refractivity contribution is -0.146. The van der Waals surface area contributed by atoms with Crippen LogP contribution in [0.1, 0.15) is 33.6 Å². The van der Waals surface area contributed by atoms with Crippen LogP contribution in [-0.4, -0.2) is 18.6 Å². The third-order valence-electron chi connectivity index (χ3n) is 3.26. The minimum atomic E-state index is -2.54. The molecule has 6 heteroatoms. The normalized spacial score (nSPS) is 13.7. The third-order valence-corrected chi connectivity index (χ3v) is 4.35. The number of nitrogens with one attached hydrogen (secondary N) is 1. The Morgan fingerprint density at radius 2 is 1.86 bits per heavy atom. The van der Waals surface area contributed by atoms with E-state index in [2.05, 4.69) is 18.9 Å². The second-order valence-corrected chi connectivity index (χ2v) is 5.95. The predicted octanol–water partition coefficient (Wildman–Crippen LogP) is 3.41. The summed E-state index contributed by atoms with van der Waals surface area (Å²) < 4.78 is 22.3. The highest BCUT2D eigenvalue weighted by molar-refractivity contribution is 7.37. The fourth-order valence-corrected chi connectivity index (χ4v) is 2.59. The molecule has 0 spiro atoms. The van der Waals surface area contributed by atoms with Crippen LogP contribution in [0.15, 0.2) is 30.3 Å². The number of para-hydroxylation sites is 1. The first-order chi connectivity index (χ1) is 10.1. The Morgan fingerprint density at radius 3 is 2.43 bits per heavy atom. The van der Waals surface area contributed by atoms with Gasteiger partial charge in [0.2, 0.25) is 0 Å². The summed E-state index contributed by atoms with van der Waals surface area (Å²) in [6.45, 7) is 6.15. The van der Waals surface area contributed by atoms with E-state index in [4.69, 9.17) is 9.26 Å². The van der Waals surface area contributed by atoms with E-state index in [1.807, 2.05) is 6.07 Å². The molecule has 0 aliphatic rings. The zero-order chi connectivity index (χ0) is 15.7. The van der Waals surface area contributed by atoms with E-state index < -0.39 is 20.2 Å². The number of benzene rings is 1. The van der Waals surface area contributed by atoms with Gasteiger partial charge < -0.3 is 9.26 Å². The molecule has 1 N–H and O–H groups in total. The van der Waals surface area contributed by atoms with Crippen LogP contribution < -0.4 is 9.61 Å². The molecule has 1 aromatic carbocycles. The molecule has 118 valence electrons. The van der Waals surface area contributed by atoms with Gasteiger partial charge in [-0.25, -0.2) is 5.09 Å². The van der Waals surface area contributed by atoms with E-state index >= 15 is 0 Å². The number of rotatable bonds is 9. The molecule has 1 aromatic rings. The van der Waals surface area contributed by atoms with Gasteiger partial charge in [0, 0.05) is 0 Å². The molecule has 1 rings (SSSR count). The van der Waals surface area contributed by atoms with Gasteiger partial charge in [-0.2, -0.15) is 0 Å². The lowest BCUT2D eigenvalue weighted by Gasteiger charge is -2.16. The zero-order valence-corrected chi connectivity index (χ0v) is 13.8. The summed E-state index contributed by atoms with van der Waals surface area (Å²) in [5.41, 5.74) is 0. The molecule has 0 fully saturated rings. The van der Waals surface area contributed by atoms with Crippen molar-refractivity contribution in [1.82, 2.24) is 5.09 Å². The Morgan fingerprint density at radius 1 is 1.24 bits per heavy atom. The number of hydrogen-bond donors (Lipinski definition) is 1. The van der Waals surface area contributed by atoms with Crippen LogP contribution in [0.3, 0.4) is 0 Å². The van der Waals surface area contributed by atoms with E-state index in [0.717, 1.165) is 12.8 Å². The van der Waals surface area contributed by atoms with E-state index in [1.165, 1.54) is 0 Å². The maximum atomic E-state index is 11.8. The smallest absolute Gasteiger partial charge is 0.323 e. The first kappa shape index (κ1) is 17.7. The summed E-state index contributed by atoms with van der Waals surface area (Å²) in [5, 5.41) is 2.64. The molecule has 5 nitrogen and oxygen atoms in total. The van der Waals surface area contributed by atoms with E-state index in [1.54, 1.807) is 31.2 Å². The number of esters is 1. The molecule has 0 aliphatic carbocycles. The van der Waals surface area contributed by atoms with Crippen molar-refractivity contribution in [3.8, 4) is 5.75 Å². The molecule has 21 heavy (non-hydrogen) atoms. The Kier molecular flexibility index (Phi) is 8.09. The van der Waals surface area contributed by atoms with Crippen LogP contribution >= 0.6 is 8.18 Å². The monoisotopic (exact) mass is 313 g/mol. The fourth-order valence-electron chi connectivity index (χ4n) is 1.71. The van der Waals surface area contributed by atoms with Crippen LogP contribution in [0, 0.1) is 5.92 Å². The summed E-state index contributed by atoms with van der Waals surface area (Å²) in [6, 6.07) is 8.18. The molecule has 0 amide bonds. The van der Waals surface area contributed by atoms with Crippen molar-refractivity contribution in [1.29, 1.82) is 0 Å². The van der Waals surface area contributed by atoms with Crippen LogP contribution in [0.4, 0.5) is 0 Å². The van der Waals surface area contributed by atoms with Gasteiger partial charge >= 0.3 is 14.1 Å². The summed E-state index contributed by atoms with van der Waals surface area (Å²) >= 11 is 0. The summed E-state index contributed by atoms with van der Waals surface area (Å²) in [4.78, 5) is 11.8. The van der Waals surface area contributed by atoms with Gasteiger partial charge in [-0.05, 0) is 25.0 Å². The predicted molar refractivity (Wildman–Crippen MR) is 83.7 cm³/mol. The molecule has 0 aromatic heterocycles. The van der Waals surface area contributed by atoms with Crippen molar-refractivity contribution in [3.63, 3.8) is 0 Å². The van der Waals surface area contributed by atoms with Gasteiger partial charge in [-0.1, -0.05) is 44.9 Å². The Labute approximate surface area is 127 Å². The van der Waals surface area contributed by atoms with Crippen molar-refractivity contribution in [2.75, 3.05) is 6.61 Å². The van der Waals surface area contributed by atoms with Gasteiger partial charge in [0.15, 0.2) is 0 Å². The highest BCUT2D eigenvalue weighted by Gasteiger charge is 2.18. The summed E-state index contributed by atoms with van der Waals surface area (Å²) in [6.07, 6.45) is 1.94. The number of hydrogen-bond acceptors (Lipinski definition) is 4. The average Bonchev–Trinajstić information content (AvgIpc) is 2.48. The van der Waals surface area contributed by atoms with Crippen molar-refractivity contribution in [2.24, 2.45) is 5.92 Å². The number of carbonyl (C=O) groups excluding carboxylic acids is 1. The van der Waals surface area contributed by atoms with Crippen molar-refractivity contribution < 1.29 is 18.6 Å². The number of carbonyl (C=O) groups is 1. The van der Waals surface area contributed by atoms with Gasteiger partial charge in [0.05, 0.1) is 6.61 Å². The molecule has 0 bridgehead atoms. The average molecular weight is 313 g/mol. The quantitative estimate of drug-likeness (QED) is 0.559. The maximum absolute atomic E-state index is 11.8. The van der Waals surface area contributed by atoms with Crippen LogP contribution in [0.25, 0.3) is 0 Å². The lowest BCUT2D eigenvalue weighted by Crippen LogP contribution is -2.32. The molecule has 0 heterocycles. The molecule has 2 unspecified atom stereocenters. The summed E-state index contributed by atoms with van der Waals surface area (Å²) in [7, 11) is -2.54. The second kappa shape index (κ2) is 9.59. The Bertz CT molecular complexity index is 448. The minimum Gasteiger partial charge on any atom is -0.464 e. The molecular weight excluding hydrogens is 289 g/mol. The first-order valence-electron chi connectivity index (χ1n) is 7.26. The lowest BCUT2D eigenvalue weighted by atomic mass is 10.1. The van der Waals surface area contributed by atoms with Crippen molar-refractivity contribution in [3.05, 3.63) is 30.3 Å². The van der Waals surface area contributed by atoms with Crippen LogP contribution in [0.5, 0.6) is 5.75 Å². The van der Waals surface area contributed by atoms with Gasteiger partial charge in [0.1, 0.15) is 11.8 Å². The summed E-state index contributed by atoms with van der Waals surface area (Å²) in [5.74, 6) is 0.474. The van der Waals surface area contributed by atoms with Crippen molar-refractivity contribution in [2.45, 2.75) is 39.7 Å². The molecule has 0 aliphatic heterocycles. The van der Waals surface area contributed by atoms with Gasteiger partial charge in [0.25, 0.3) is 0 Å².